The van der Waals surface area contributed by atoms with E-state index in [1.165, 1.54) is 28.9 Å². The zero-order valence-electron chi connectivity index (χ0n) is 16.8. The smallest absolute Gasteiger partial charge is 0.324 e. The average Bonchev–Trinajstić information content (AvgIpc) is 2.71. The van der Waals surface area contributed by atoms with Crippen LogP contribution in [0, 0.1) is 25.5 Å². The van der Waals surface area contributed by atoms with Crippen molar-refractivity contribution in [2.75, 3.05) is 16.5 Å². The van der Waals surface area contributed by atoms with Crippen molar-refractivity contribution in [3.8, 4) is 0 Å². The summed E-state index contributed by atoms with van der Waals surface area (Å²) >= 11 is 0. The van der Waals surface area contributed by atoms with Crippen molar-refractivity contribution in [3.05, 3.63) is 86.8 Å². The summed E-state index contributed by atoms with van der Waals surface area (Å²) in [6.07, 6.45) is -4.69. The highest BCUT2D eigenvalue weighted by Gasteiger charge is 2.37. The van der Waals surface area contributed by atoms with Gasteiger partial charge in [0.25, 0.3) is 5.91 Å². The summed E-state index contributed by atoms with van der Waals surface area (Å²) in [4.78, 5) is 30.0. The molecule has 1 aliphatic rings. The van der Waals surface area contributed by atoms with E-state index in [2.05, 4.69) is 4.98 Å². The van der Waals surface area contributed by atoms with Crippen molar-refractivity contribution in [3.63, 3.8) is 0 Å². The van der Waals surface area contributed by atoms with Crippen LogP contribution in [0.3, 0.4) is 0 Å². The van der Waals surface area contributed by atoms with Crippen molar-refractivity contribution in [1.29, 1.82) is 0 Å². The van der Waals surface area contributed by atoms with Crippen LogP contribution in [0.15, 0.2) is 47.3 Å². The van der Waals surface area contributed by atoms with Gasteiger partial charge in [0.05, 0.1) is 22.5 Å². The first-order chi connectivity index (χ1) is 15.0. The summed E-state index contributed by atoms with van der Waals surface area (Å²) in [5.41, 5.74) is -0.482. The van der Waals surface area contributed by atoms with Crippen LogP contribution in [-0.2, 0) is 6.18 Å². The molecule has 5 nitrogen and oxygen atoms in total. The topological polar surface area (TPSA) is 56.4 Å². The maximum absolute atomic E-state index is 14.0. The second-order valence-electron chi connectivity index (χ2n) is 7.42. The first-order valence-corrected chi connectivity index (χ1v) is 9.43. The number of carbonyl (C=O) groups is 1. The van der Waals surface area contributed by atoms with Gasteiger partial charge in [-0.1, -0.05) is 0 Å². The van der Waals surface area contributed by atoms with E-state index < -0.39 is 34.8 Å². The molecule has 1 N–H and O–H groups in total. The standard InChI is InChI=1S/C22H16F5N3O2/c1-11-7-15(23)16(24)9-19(11)29-10-30(17-5-6-20(31)28-12(17)2)21(32)14-8-13(22(25,26)27)3-4-18(14)29/h3-9H,10H2,1-2H3,(H,28,31). The third-order valence-electron chi connectivity index (χ3n) is 5.28. The van der Waals surface area contributed by atoms with Crippen LogP contribution in [0.4, 0.5) is 39.0 Å². The Labute approximate surface area is 178 Å². The Kier molecular flexibility index (Phi) is 5.03. The maximum atomic E-state index is 14.0. The monoisotopic (exact) mass is 449 g/mol. The highest BCUT2D eigenvalue weighted by atomic mass is 19.4. The second kappa shape index (κ2) is 7.47. The van der Waals surface area contributed by atoms with E-state index in [9.17, 15) is 31.5 Å². The van der Waals surface area contributed by atoms with Gasteiger partial charge in [-0.25, -0.2) is 8.78 Å². The molecule has 1 amide bonds. The lowest BCUT2D eigenvalue weighted by Gasteiger charge is -2.39. The van der Waals surface area contributed by atoms with Gasteiger partial charge in [0.1, 0.15) is 6.67 Å². The average molecular weight is 449 g/mol. The summed E-state index contributed by atoms with van der Waals surface area (Å²) in [5, 5.41) is 0. The first-order valence-electron chi connectivity index (χ1n) is 9.43. The molecule has 0 radical (unpaired) electrons. The molecule has 0 unspecified atom stereocenters. The number of amides is 1. The lowest BCUT2D eigenvalue weighted by Crippen LogP contribution is -2.46. The molecule has 0 spiro atoms. The van der Waals surface area contributed by atoms with Crippen LogP contribution in [0.2, 0.25) is 0 Å². The number of fused-ring (bicyclic) bond motifs is 1. The first kappa shape index (κ1) is 21.5. The quantitative estimate of drug-likeness (QED) is 0.558. The number of halogens is 5. The van der Waals surface area contributed by atoms with Crippen LogP contribution in [0.1, 0.15) is 27.2 Å². The molecule has 0 fully saturated rings. The Morgan fingerprint density at radius 1 is 0.844 bits per heavy atom. The number of carbonyl (C=O) groups excluding carboxylic acids is 1. The van der Waals surface area contributed by atoms with E-state index in [0.717, 1.165) is 30.3 Å². The lowest BCUT2D eigenvalue weighted by molar-refractivity contribution is -0.137. The molecular weight excluding hydrogens is 433 g/mol. The van der Waals surface area contributed by atoms with Crippen LogP contribution in [0.25, 0.3) is 0 Å². The molecule has 0 aliphatic carbocycles. The van der Waals surface area contributed by atoms with Crippen molar-refractivity contribution in [1.82, 2.24) is 4.98 Å². The molecule has 0 bridgehead atoms. The number of aryl methyl sites for hydroxylation is 2. The van der Waals surface area contributed by atoms with Gasteiger partial charge in [0, 0.05) is 23.5 Å². The summed E-state index contributed by atoms with van der Waals surface area (Å²) in [7, 11) is 0. The number of nitrogens with zero attached hydrogens (tertiary/aromatic N) is 2. The zero-order chi connectivity index (χ0) is 23.4. The number of hydrogen-bond donors (Lipinski definition) is 1. The Morgan fingerprint density at radius 2 is 1.50 bits per heavy atom. The van der Waals surface area contributed by atoms with E-state index in [1.807, 2.05) is 0 Å². The predicted molar refractivity (Wildman–Crippen MR) is 108 cm³/mol. The number of aromatic nitrogens is 1. The molecule has 0 saturated heterocycles. The number of rotatable bonds is 2. The predicted octanol–water partition coefficient (Wildman–Crippen LogP) is 5.04. The Bertz CT molecular complexity index is 1300. The normalized spacial score (nSPS) is 14.0. The van der Waals surface area contributed by atoms with Gasteiger partial charge in [0.15, 0.2) is 11.6 Å². The van der Waals surface area contributed by atoms with E-state index in [0.29, 0.717) is 11.3 Å². The molecule has 1 aromatic heterocycles. The SMILES string of the molecule is Cc1cc(F)c(F)cc1N1CN(c2ccc(=O)[nH]c2C)C(=O)c2cc(C(F)(F)F)ccc21. The van der Waals surface area contributed by atoms with E-state index in [4.69, 9.17) is 0 Å². The lowest BCUT2D eigenvalue weighted by atomic mass is 10.0. The maximum Gasteiger partial charge on any atom is 0.416 e. The van der Waals surface area contributed by atoms with Gasteiger partial charge >= 0.3 is 6.18 Å². The third kappa shape index (κ3) is 3.61. The zero-order valence-corrected chi connectivity index (χ0v) is 16.8. The Hall–Kier alpha value is -3.69. The van der Waals surface area contributed by atoms with Crippen LogP contribution < -0.4 is 15.4 Å². The number of hydrogen-bond acceptors (Lipinski definition) is 3. The fourth-order valence-corrected chi connectivity index (χ4v) is 3.73. The number of nitrogens with one attached hydrogen (secondary N) is 1. The van der Waals surface area contributed by atoms with Gasteiger partial charge in [0.2, 0.25) is 5.56 Å². The van der Waals surface area contributed by atoms with Gasteiger partial charge in [-0.15, -0.1) is 0 Å². The summed E-state index contributed by atoms with van der Waals surface area (Å²) in [6.45, 7) is 2.86. The molecule has 0 atom stereocenters. The van der Waals surface area contributed by atoms with Crippen LogP contribution in [-0.4, -0.2) is 17.6 Å². The van der Waals surface area contributed by atoms with Crippen LogP contribution in [0.5, 0.6) is 0 Å². The van der Waals surface area contributed by atoms with Gasteiger partial charge in [-0.05, 0) is 49.7 Å². The van der Waals surface area contributed by atoms with Gasteiger partial charge < -0.3 is 9.88 Å². The Balaban J connectivity index is 1.95. The van der Waals surface area contributed by atoms with E-state index in [-0.39, 0.29) is 29.3 Å². The summed E-state index contributed by atoms with van der Waals surface area (Å²) in [5.74, 6) is -2.93. The number of benzene rings is 2. The number of H-pyrrole nitrogens is 1. The molecular formula is C22H16F5N3O2. The highest BCUT2D eigenvalue weighted by molar-refractivity contribution is 6.13. The molecule has 166 valence electrons. The van der Waals surface area contributed by atoms with Crippen molar-refractivity contribution >= 4 is 23.0 Å². The minimum absolute atomic E-state index is 0.121. The Morgan fingerprint density at radius 3 is 2.16 bits per heavy atom. The number of anilines is 3. The summed E-state index contributed by atoms with van der Waals surface area (Å²) < 4.78 is 67.7. The summed E-state index contributed by atoms with van der Waals surface area (Å²) in [6, 6.07) is 7.15. The minimum Gasteiger partial charge on any atom is -0.324 e. The van der Waals surface area contributed by atoms with Crippen molar-refractivity contribution in [2.45, 2.75) is 20.0 Å². The molecule has 4 rings (SSSR count). The molecule has 10 heteroatoms. The van der Waals surface area contributed by atoms with Crippen molar-refractivity contribution in [2.24, 2.45) is 0 Å². The van der Waals surface area contributed by atoms with Gasteiger partial charge in [-0.3, -0.25) is 14.5 Å². The molecule has 2 aromatic carbocycles. The van der Waals surface area contributed by atoms with Gasteiger partial charge in [-0.2, -0.15) is 13.2 Å². The molecule has 1 aliphatic heterocycles. The molecule has 3 aromatic rings. The molecule has 32 heavy (non-hydrogen) atoms. The van der Waals surface area contributed by atoms with Crippen molar-refractivity contribution < 1.29 is 26.7 Å². The number of alkyl halides is 3. The van der Waals surface area contributed by atoms with E-state index >= 15 is 0 Å². The number of aromatic amines is 1. The fourth-order valence-electron chi connectivity index (χ4n) is 3.73. The molecule has 0 saturated carbocycles. The largest absolute Gasteiger partial charge is 0.416 e. The highest BCUT2D eigenvalue weighted by Crippen LogP contribution is 2.40. The minimum atomic E-state index is -4.69. The van der Waals surface area contributed by atoms with E-state index in [1.54, 1.807) is 6.92 Å². The fraction of sp³-hybridized carbons (Fsp3) is 0.182. The number of pyridine rings is 1. The third-order valence-corrected chi connectivity index (χ3v) is 5.28. The second-order valence-corrected chi connectivity index (χ2v) is 7.42. The molecule has 2 heterocycles. The van der Waals surface area contributed by atoms with Crippen LogP contribution >= 0.6 is 0 Å².